The van der Waals surface area contributed by atoms with Gasteiger partial charge in [-0.25, -0.2) is 0 Å². The minimum Gasteiger partial charge on any atom is -0.309 e. The van der Waals surface area contributed by atoms with Crippen LogP contribution >= 0.6 is 15.9 Å². The molecule has 2 nitrogen and oxygen atoms in total. The molecule has 1 atom stereocenters. The molecule has 0 aliphatic rings. The van der Waals surface area contributed by atoms with Gasteiger partial charge in [0.05, 0.1) is 11.6 Å². The van der Waals surface area contributed by atoms with Crippen LogP contribution in [-0.4, -0.2) is 12.0 Å². The molecule has 106 valence electrons. The van der Waals surface area contributed by atoms with E-state index >= 15 is 0 Å². The van der Waals surface area contributed by atoms with Crippen LogP contribution in [-0.2, 0) is 6.18 Å². The van der Waals surface area contributed by atoms with Gasteiger partial charge < -0.3 is 5.32 Å². The molecule has 0 saturated carbocycles. The van der Waals surface area contributed by atoms with Gasteiger partial charge in [-0.3, -0.25) is 4.98 Å². The first-order chi connectivity index (χ1) is 9.43. The maximum absolute atomic E-state index is 13.1. The highest BCUT2D eigenvalue weighted by Gasteiger charge is 2.35. The van der Waals surface area contributed by atoms with Crippen LogP contribution in [0.3, 0.4) is 0 Å². The Bertz CT molecular complexity index is 599. The highest BCUT2D eigenvalue weighted by molar-refractivity contribution is 9.10. The van der Waals surface area contributed by atoms with Crippen molar-refractivity contribution in [2.45, 2.75) is 12.2 Å². The number of pyridine rings is 1. The van der Waals surface area contributed by atoms with E-state index in [0.29, 0.717) is 0 Å². The molecule has 0 aliphatic heterocycles. The lowest BCUT2D eigenvalue weighted by molar-refractivity contribution is -0.138. The largest absolute Gasteiger partial charge is 0.416 e. The quantitative estimate of drug-likeness (QED) is 0.903. The number of nitrogens with one attached hydrogen (secondary N) is 1. The normalized spacial score (nSPS) is 13.2. The van der Waals surface area contributed by atoms with E-state index in [1.807, 2.05) is 6.07 Å². The number of alkyl halides is 3. The molecule has 1 unspecified atom stereocenters. The van der Waals surface area contributed by atoms with Crippen molar-refractivity contribution < 1.29 is 13.2 Å². The Labute approximate surface area is 123 Å². The summed E-state index contributed by atoms with van der Waals surface area (Å²) in [4.78, 5) is 3.82. The van der Waals surface area contributed by atoms with Gasteiger partial charge in [0.15, 0.2) is 0 Å². The van der Waals surface area contributed by atoms with E-state index in [1.54, 1.807) is 25.2 Å². The number of hydrogen-bond acceptors (Lipinski definition) is 2. The zero-order chi connectivity index (χ0) is 14.8. The number of rotatable bonds is 3. The summed E-state index contributed by atoms with van der Waals surface area (Å²) in [5, 5.41) is 2.91. The van der Waals surface area contributed by atoms with Crippen molar-refractivity contribution in [3.8, 4) is 0 Å². The van der Waals surface area contributed by atoms with Gasteiger partial charge in [0.1, 0.15) is 0 Å². The summed E-state index contributed by atoms with van der Waals surface area (Å²) in [6.45, 7) is 0. The molecule has 0 radical (unpaired) electrons. The van der Waals surface area contributed by atoms with Crippen molar-refractivity contribution in [2.24, 2.45) is 0 Å². The summed E-state index contributed by atoms with van der Waals surface area (Å²) in [6, 6.07) is 7.60. The van der Waals surface area contributed by atoms with Crippen LogP contribution in [0, 0.1) is 0 Å². The van der Waals surface area contributed by atoms with Crippen molar-refractivity contribution >= 4 is 15.9 Å². The van der Waals surface area contributed by atoms with Crippen molar-refractivity contribution in [1.82, 2.24) is 10.3 Å². The van der Waals surface area contributed by atoms with Crippen molar-refractivity contribution in [1.29, 1.82) is 0 Å². The smallest absolute Gasteiger partial charge is 0.309 e. The molecule has 0 bridgehead atoms. The second-order valence-electron chi connectivity index (χ2n) is 4.24. The third kappa shape index (κ3) is 3.19. The average molecular weight is 345 g/mol. The fourth-order valence-electron chi connectivity index (χ4n) is 2.08. The van der Waals surface area contributed by atoms with E-state index in [4.69, 9.17) is 0 Å². The van der Waals surface area contributed by atoms with Crippen LogP contribution in [0.1, 0.15) is 22.7 Å². The van der Waals surface area contributed by atoms with E-state index < -0.39 is 17.8 Å². The topological polar surface area (TPSA) is 24.9 Å². The van der Waals surface area contributed by atoms with Crippen molar-refractivity contribution in [3.05, 3.63) is 63.9 Å². The highest BCUT2D eigenvalue weighted by atomic mass is 79.9. The maximum Gasteiger partial charge on any atom is 0.416 e. The summed E-state index contributed by atoms with van der Waals surface area (Å²) in [5.41, 5.74) is 0.174. The summed E-state index contributed by atoms with van der Waals surface area (Å²) in [5.74, 6) is 0. The van der Waals surface area contributed by atoms with Crippen LogP contribution in [0.25, 0.3) is 0 Å². The molecule has 0 spiro atoms. The third-order valence-corrected chi connectivity index (χ3v) is 3.43. The van der Waals surface area contributed by atoms with Crippen LogP contribution in [0.4, 0.5) is 13.2 Å². The first kappa shape index (κ1) is 15.0. The Kier molecular flexibility index (Phi) is 4.45. The fraction of sp³-hybridized carbons (Fsp3) is 0.214. The molecule has 1 aromatic carbocycles. The van der Waals surface area contributed by atoms with Crippen molar-refractivity contribution in [3.63, 3.8) is 0 Å². The van der Waals surface area contributed by atoms with Gasteiger partial charge in [-0.2, -0.15) is 13.2 Å². The molecular formula is C14H12BrF3N2. The zero-order valence-electron chi connectivity index (χ0n) is 10.6. The Morgan fingerprint density at radius 1 is 1.25 bits per heavy atom. The Morgan fingerprint density at radius 3 is 2.60 bits per heavy atom. The monoisotopic (exact) mass is 344 g/mol. The molecule has 2 aromatic rings. The second kappa shape index (κ2) is 5.93. The summed E-state index contributed by atoms with van der Waals surface area (Å²) >= 11 is 3.32. The van der Waals surface area contributed by atoms with Gasteiger partial charge in [0.25, 0.3) is 0 Å². The Morgan fingerprint density at radius 2 is 2.00 bits per heavy atom. The van der Waals surface area contributed by atoms with Crippen LogP contribution in [0.15, 0.2) is 47.2 Å². The first-order valence-corrected chi connectivity index (χ1v) is 6.66. The van der Waals surface area contributed by atoms with Crippen LogP contribution < -0.4 is 5.32 Å². The second-order valence-corrected chi connectivity index (χ2v) is 5.15. The van der Waals surface area contributed by atoms with Crippen molar-refractivity contribution in [2.75, 3.05) is 7.05 Å². The molecule has 1 aromatic heterocycles. The molecule has 1 heterocycles. The molecule has 0 fully saturated rings. The molecule has 1 N–H and O–H groups in total. The average Bonchev–Trinajstić information content (AvgIpc) is 2.39. The lowest BCUT2D eigenvalue weighted by Gasteiger charge is -2.21. The number of nitrogens with zero attached hydrogens (tertiary/aromatic N) is 1. The Balaban J connectivity index is 2.53. The zero-order valence-corrected chi connectivity index (χ0v) is 12.2. The summed E-state index contributed by atoms with van der Waals surface area (Å²) in [7, 11) is 1.62. The van der Waals surface area contributed by atoms with Gasteiger partial charge in [0.2, 0.25) is 0 Å². The summed E-state index contributed by atoms with van der Waals surface area (Å²) in [6.07, 6.45) is -2.00. The fourth-order valence-corrected chi connectivity index (χ4v) is 2.50. The molecule has 6 heteroatoms. The Hall–Kier alpha value is -1.40. The molecule has 0 aliphatic carbocycles. The van der Waals surface area contributed by atoms with Gasteiger partial charge in [-0.05, 0) is 30.8 Å². The molecule has 0 amide bonds. The lowest BCUT2D eigenvalue weighted by Crippen LogP contribution is -2.22. The van der Waals surface area contributed by atoms with Crippen LogP contribution in [0.2, 0.25) is 0 Å². The number of benzene rings is 1. The van der Waals surface area contributed by atoms with Gasteiger partial charge >= 0.3 is 6.18 Å². The summed E-state index contributed by atoms with van der Waals surface area (Å²) < 4.78 is 40.0. The molecular weight excluding hydrogens is 333 g/mol. The van der Waals surface area contributed by atoms with E-state index in [-0.39, 0.29) is 5.56 Å². The van der Waals surface area contributed by atoms with E-state index in [2.05, 4.69) is 26.2 Å². The van der Waals surface area contributed by atoms with Gasteiger partial charge in [0, 0.05) is 22.4 Å². The molecule has 20 heavy (non-hydrogen) atoms. The first-order valence-electron chi connectivity index (χ1n) is 5.87. The predicted molar refractivity (Wildman–Crippen MR) is 74.3 cm³/mol. The predicted octanol–water partition coefficient (Wildman–Crippen LogP) is 4.17. The third-order valence-electron chi connectivity index (χ3n) is 2.94. The highest BCUT2D eigenvalue weighted by Crippen LogP contribution is 2.36. The minimum absolute atomic E-state index is 0.112. The van der Waals surface area contributed by atoms with Gasteiger partial charge in [-0.1, -0.05) is 28.1 Å². The lowest BCUT2D eigenvalue weighted by atomic mass is 9.96. The van der Waals surface area contributed by atoms with Gasteiger partial charge in [-0.15, -0.1) is 0 Å². The maximum atomic E-state index is 13.1. The number of aromatic nitrogens is 1. The van der Waals surface area contributed by atoms with E-state index in [0.717, 1.165) is 22.3 Å². The molecule has 2 rings (SSSR count). The van der Waals surface area contributed by atoms with E-state index in [9.17, 15) is 13.2 Å². The van der Waals surface area contributed by atoms with E-state index in [1.165, 1.54) is 6.20 Å². The molecule has 0 saturated heterocycles. The SMILES string of the molecule is CNC(c1cccc(Br)c1)c1cnccc1C(F)(F)F. The number of hydrogen-bond donors (Lipinski definition) is 1. The minimum atomic E-state index is -4.40. The number of halogens is 4. The standard InChI is InChI=1S/C14H12BrF3N2/c1-19-13(9-3-2-4-10(15)7-9)11-8-20-6-5-12(11)14(16,17)18/h2-8,13,19H,1H3. The van der Waals surface area contributed by atoms with Crippen LogP contribution in [0.5, 0.6) is 0 Å².